The highest BCUT2D eigenvalue weighted by molar-refractivity contribution is 5.26. The molecule has 0 saturated carbocycles. The zero-order valence-electron chi connectivity index (χ0n) is 10.4. The van der Waals surface area contributed by atoms with Crippen molar-refractivity contribution in [2.45, 2.75) is 39.8 Å². The first-order chi connectivity index (χ1) is 7.90. The summed E-state index contributed by atoms with van der Waals surface area (Å²) < 4.78 is 37.9. The van der Waals surface area contributed by atoms with Crippen LogP contribution in [0.15, 0.2) is 18.2 Å². The van der Waals surface area contributed by atoms with Crippen LogP contribution in [0.25, 0.3) is 0 Å². The van der Waals surface area contributed by atoms with E-state index in [-0.39, 0.29) is 18.4 Å². The zero-order chi connectivity index (χ0) is 13.0. The summed E-state index contributed by atoms with van der Waals surface area (Å²) in [7, 11) is 0. The molecular weight excluding hydrogens is 227 g/mol. The minimum atomic E-state index is -2.37. The van der Waals surface area contributed by atoms with Gasteiger partial charge in [-0.15, -0.1) is 0 Å². The van der Waals surface area contributed by atoms with Gasteiger partial charge in [0, 0.05) is 12.6 Å². The Balaban J connectivity index is 2.81. The van der Waals surface area contributed by atoms with E-state index in [1.807, 2.05) is 20.8 Å². The zero-order valence-corrected chi connectivity index (χ0v) is 10.4. The van der Waals surface area contributed by atoms with Crippen molar-refractivity contribution in [1.29, 1.82) is 0 Å². The molecule has 0 bridgehead atoms. The van der Waals surface area contributed by atoms with Crippen LogP contribution in [-0.4, -0.2) is 23.9 Å². The fourth-order valence-corrected chi connectivity index (χ4v) is 1.66. The highest BCUT2D eigenvalue weighted by Gasteiger charge is 2.16. The second-order valence-corrected chi connectivity index (χ2v) is 4.49. The van der Waals surface area contributed by atoms with Gasteiger partial charge in [-0.25, -0.2) is 13.2 Å². The van der Waals surface area contributed by atoms with E-state index in [4.69, 9.17) is 0 Å². The van der Waals surface area contributed by atoms with Gasteiger partial charge in [-0.1, -0.05) is 6.07 Å². The largest absolute Gasteiger partial charge is 0.291 e. The van der Waals surface area contributed by atoms with Crippen molar-refractivity contribution in [3.63, 3.8) is 0 Å². The Morgan fingerprint density at radius 2 is 1.88 bits per heavy atom. The Kier molecular flexibility index (Phi) is 5.00. The van der Waals surface area contributed by atoms with Crippen molar-refractivity contribution in [3.8, 4) is 0 Å². The second-order valence-electron chi connectivity index (χ2n) is 4.49. The smallest absolute Gasteiger partial charge is 0.251 e. The third-order valence-corrected chi connectivity index (χ3v) is 2.79. The third-order valence-electron chi connectivity index (χ3n) is 2.79. The number of benzene rings is 1. The molecule has 0 heterocycles. The minimum absolute atomic E-state index is 0.00617. The van der Waals surface area contributed by atoms with Gasteiger partial charge in [-0.2, -0.15) is 0 Å². The van der Waals surface area contributed by atoms with Crippen molar-refractivity contribution in [2.24, 2.45) is 0 Å². The molecule has 0 spiro atoms. The molecule has 0 aromatic heterocycles. The average molecular weight is 245 g/mol. The molecule has 1 rings (SSSR count). The Morgan fingerprint density at radius 1 is 1.24 bits per heavy atom. The first-order valence-electron chi connectivity index (χ1n) is 5.67. The number of rotatable bonds is 5. The number of aryl methyl sites for hydroxylation is 1. The molecule has 1 aromatic carbocycles. The summed E-state index contributed by atoms with van der Waals surface area (Å²) in [5, 5.41) is 0. The molecule has 96 valence electrons. The molecule has 0 radical (unpaired) electrons. The van der Waals surface area contributed by atoms with Crippen LogP contribution in [0.1, 0.15) is 25.0 Å². The van der Waals surface area contributed by atoms with Crippen LogP contribution in [0.3, 0.4) is 0 Å². The number of hydrogen-bond donors (Lipinski definition) is 0. The summed E-state index contributed by atoms with van der Waals surface area (Å²) in [5.74, 6) is -0.327. The van der Waals surface area contributed by atoms with Gasteiger partial charge in [-0.05, 0) is 44.0 Å². The molecule has 17 heavy (non-hydrogen) atoms. The Labute approximate surface area is 100 Å². The Morgan fingerprint density at radius 3 is 2.41 bits per heavy atom. The van der Waals surface area contributed by atoms with Crippen LogP contribution < -0.4 is 0 Å². The number of alkyl halides is 2. The standard InChI is InChI=1S/C13H18F3N/c1-9(2)17(8-13(15)16)7-11-6-12(14)5-4-10(11)3/h4-6,9,13H,7-8H2,1-3H3. The van der Waals surface area contributed by atoms with Crippen molar-refractivity contribution < 1.29 is 13.2 Å². The van der Waals surface area contributed by atoms with Crippen LogP contribution in [0.5, 0.6) is 0 Å². The molecule has 0 unspecified atom stereocenters. The van der Waals surface area contributed by atoms with Gasteiger partial charge >= 0.3 is 0 Å². The van der Waals surface area contributed by atoms with Gasteiger partial charge in [0.05, 0.1) is 6.54 Å². The molecular formula is C13H18F3N. The maximum absolute atomic E-state index is 13.1. The van der Waals surface area contributed by atoms with Gasteiger partial charge in [0.2, 0.25) is 0 Å². The monoisotopic (exact) mass is 245 g/mol. The fraction of sp³-hybridized carbons (Fsp3) is 0.538. The molecule has 1 nitrogen and oxygen atoms in total. The minimum Gasteiger partial charge on any atom is -0.291 e. The predicted octanol–water partition coefficient (Wildman–Crippen LogP) is 3.61. The van der Waals surface area contributed by atoms with E-state index in [1.54, 1.807) is 11.0 Å². The predicted molar refractivity (Wildman–Crippen MR) is 62.7 cm³/mol. The molecule has 0 atom stereocenters. The van der Waals surface area contributed by atoms with Gasteiger partial charge in [0.1, 0.15) is 5.82 Å². The highest BCUT2D eigenvalue weighted by Crippen LogP contribution is 2.15. The van der Waals surface area contributed by atoms with E-state index in [9.17, 15) is 13.2 Å². The molecule has 4 heteroatoms. The molecule has 0 aliphatic carbocycles. The lowest BCUT2D eigenvalue weighted by Gasteiger charge is -2.26. The van der Waals surface area contributed by atoms with Crippen molar-refractivity contribution in [3.05, 3.63) is 35.1 Å². The van der Waals surface area contributed by atoms with Crippen LogP contribution in [0, 0.1) is 12.7 Å². The molecule has 0 amide bonds. The molecule has 0 saturated heterocycles. The third kappa shape index (κ3) is 4.38. The van der Waals surface area contributed by atoms with Crippen LogP contribution in [0.4, 0.5) is 13.2 Å². The van der Waals surface area contributed by atoms with Crippen LogP contribution >= 0.6 is 0 Å². The number of halogens is 3. The summed E-state index contributed by atoms with van der Waals surface area (Å²) in [4.78, 5) is 1.65. The van der Waals surface area contributed by atoms with E-state index < -0.39 is 6.43 Å². The summed E-state index contributed by atoms with van der Waals surface area (Å²) in [6, 6.07) is 4.47. The normalized spacial score (nSPS) is 11.8. The van der Waals surface area contributed by atoms with Crippen molar-refractivity contribution in [2.75, 3.05) is 6.54 Å². The second kappa shape index (κ2) is 6.05. The summed E-state index contributed by atoms with van der Waals surface area (Å²) in [6.07, 6.45) is -2.37. The Hall–Kier alpha value is -1.03. The topological polar surface area (TPSA) is 3.24 Å². The molecule has 1 aromatic rings. The summed E-state index contributed by atoms with van der Waals surface area (Å²) >= 11 is 0. The highest BCUT2D eigenvalue weighted by atomic mass is 19.3. The quantitative estimate of drug-likeness (QED) is 0.766. The first-order valence-corrected chi connectivity index (χ1v) is 5.67. The van der Waals surface area contributed by atoms with E-state index in [0.29, 0.717) is 6.54 Å². The van der Waals surface area contributed by atoms with Crippen LogP contribution in [0.2, 0.25) is 0 Å². The fourth-order valence-electron chi connectivity index (χ4n) is 1.66. The van der Waals surface area contributed by atoms with Crippen molar-refractivity contribution >= 4 is 0 Å². The molecule has 0 N–H and O–H groups in total. The molecule has 0 fully saturated rings. The van der Waals surface area contributed by atoms with E-state index in [0.717, 1.165) is 11.1 Å². The summed E-state index contributed by atoms with van der Waals surface area (Å²) in [5.41, 5.74) is 1.69. The van der Waals surface area contributed by atoms with Gasteiger partial charge in [0.25, 0.3) is 6.43 Å². The SMILES string of the molecule is Cc1ccc(F)cc1CN(CC(F)F)C(C)C. The lowest BCUT2D eigenvalue weighted by atomic mass is 10.1. The van der Waals surface area contributed by atoms with Gasteiger partial charge in [0.15, 0.2) is 0 Å². The lowest BCUT2D eigenvalue weighted by Crippen LogP contribution is -2.34. The van der Waals surface area contributed by atoms with E-state index >= 15 is 0 Å². The molecule has 0 aliphatic heterocycles. The van der Waals surface area contributed by atoms with Gasteiger partial charge in [-0.3, -0.25) is 4.90 Å². The van der Waals surface area contributed by atoms with Crippen molar-refractivity contribution in [1.82, 2.24) is 4.90 Å². The van der Waals surface area contributed by atoms with E-state index in [1.165, 1.54) is 12.1 Å². The van der Waals surface area contributed by atoms with Gasteiger partial charge < -0.3 is 0 Å². The van der Waals surface area contributed by atoms with Crippen LogP contribution in [-0.2, 0) is 6.54 Å². The average Bonchev–Trinajstić information content (AvgIpc) is 2.21. The maximum Gasteiger partial charge on any atom is 0.251 e. The molecule has 0 aliphatic rings. The number of nitrogens with zero attached hydrogens (tertiary/aromatic N) is 1. The Bertz CT molecular complexity index is 364. The first kappa shape index (κ1) is 14.0. The van der Waals surface area contributed by atoms with E-state index in [2.05, 4.69) is 0 Å². The number of hydrogen-bond acceptors (Lipinski definition) is 1. The maximum atomic E-state index is 13.1. The lowest BCUT2D eigenvalue weighted by molar-refractivity contribution is 0.0688. The summed E-state index contributed by atoms with van der Waals surface area (Å²) in [6.45, 7) is 5.64.